The van der Waals surface area contributed by atoms with Crippen molar-refractivity contribution in [2.45, 2.75) is 111 Å². The summed E-state index contributed by atoms with van der Waals surface area (Å²) < 4.78 is 5.20. The van der Waals surface area contributed by atoms with Crippen molar-refractivity contribution in [1.82, 2.24) is 51.2 Å². The summed E-state index contributed by atoms with van der Waals surface area (Å²) >= 11 is 24.7. The van der Waals surface area contributed by atoms with Crippen molar-refractivity contribution >= 4 is 70.2 Å². The predicted molar refractivity (Wildman–Crippen MR) is 296 cm³/mol. The Morgan fingerprint density at radius 2 is 1.01 bits per heavy atom. The minimum Gasteiger partial charge on any atom is -0.479 e. The van der Waals surface area contributed by atoms with Crippen LogP contribution in [-0.4, -0.2) is 133 Å². The van der Waals surface area contributed by atoms with Gasteiger partial charge >= 0.3 is 11.9 Å². The molecule has 0 radical (unpaired) electrons. The zero-order valence-corrected chi connectivity index (χ0v) is 45.5. The Kier molecular flexibility index (Phi) is 29.7. The summed E-state index contributed by atoms with van der Waals surface area (Å²) in [5.41, 5.74) is 9.38. The molecule has 0 unspecified atom stereocenters. The maximum atomic E-state index is 12.6. The topological polar surface area (TPSA) is 291 Å². The highest BCUT2D eigenvalue weighted by molar-refractivity contribution is 6.36. The SMILES string of the molecule is C.CCCCCCCO.CCCCCCCOC(=O)[C@H](O)CN(Cc1ccc(-c2cc(Cl)ccc2Cl)cc1)NC(=O)c1cn(O)nn1.O=C(NN(Cc1ccc(-c2cc(Cl)ccc2Cl)cc1)C[C@@H](O)C(=O)O)c1cn(O)nn1. The highest BCUT2D eigenvalue weighted by Gasteiger charge is 2.25. The third kappa shape index (κ3) is 23.3. The van der Waals surface area contributed by atoms with Crippen LogP contribution in [0.4, 0.5) is 0 Å². The first kappa shape index (κ1) is 65.9. The number of carboxylic acid groups (broad SMARTS) is 1. The van der Waals surface area contributed by atoms with Crippen molar-refractivity contribution in [3.05, 3.63) is 140 Å². The number of nitrogens with zero attached hydrogens (tertiary/aromatic N) is 8. The van der Waals surface area contributed by atoms with Crippen molar-refractivity contribution in [3.8, 4) is 22.3 Å². The minimum atomic E-state index is -1.74. The average Bonchev–Trinajstić information content (AvgIpc) is 4.07. The lowest BCUT2D eigenvalue weighted by Crippen LogP contribution is -2.47. The van der Waals surface area contributed by atoms with E-state index >= 15 is 0 Å². The maximum Gasteiger partial charge on any atom is 0.336 e. The second-order valence-electron chi connectivity index (χ2n) is 17.4. The van der Waals surface area contributed by atoms with E-state index in [9.17, 15) is 34.6 Å². The lowest BCUT2D eigenvalue weighted by molar-refractivity contribution is -0.155. The zero-order chi connectivity index (χ0) is 56.3. The summed E-state index contributed by atoms with van der Waals surface area (Å²) in [4.78, 5) is 49.1. The molecule has 0 aliphatic heterocycles. The number of rotatable bonds is 27. The van der Waals surface area contributed by atoms with Crippen molar-refractivity contribution in [2.75, 3.05) is 26.3 Å². The Balaban J connectivity index is 0.000000360. The number of nitrogens with one attached hydrogen (secondary N) is 2. The first-order chi connectivity index (χ1) is 36.9. The van der Waals surface area contributed by atoms with Crippen LogP contribution >= 0.6 is 46.4 Å². The van der Waals surface area contributed by atoms with Gasteiger partial charge in [-0.05, 0) is 81.9 Å². The van der Waals surface area contributed by atoms with Gasteiger partial charge < -0.3 is 35.6 Å². The van der Waals surface area contributed by atoms with Crippen LogP contribution in [0.2, 0.25) is 20.1 Å². The number of benzene rings is 4. The van der Waals surface area contributed by atoms with Gasteiger partial charge in [0.05, 0.1) is 32.1 Å². The van der Waals surface area contributed by atoms with Crippen molar-refractivity contribution in [1.29, 1.82) is 0 Å². The number of esters is 1. The molecule has 0 saturated carbocycles. The number of aliphatic carboxylic acids is 1. The largest absolute Gasteiger partial charge is 0.479 e. The van der Waals surface area contributed by atoms with Gasteiger partial charge in [-0.2, -0.15) is 0 Å². The van der Waals surface area contributed by atoms with Crippen molar-refractivity contribution in [3.63, 3.8) is 0 Å². The van der Waals surface area contributed by atoms with E-state index in [-0.39, 0.29) is 45.1 Å². The van der Waals surface area contributed by atoms with Crippen LogP contribution in [0.5, 0.6) is 0 Å². The summed E-state index contributed by atoms with van der Waals surface area (Å²) in [6.45, 7) is 4.49. The highest BCUT2D eigenvalue weighted by atomic mass is 35.5. The summed E-state index contributed by atoms with van der Waals surface area (Å²) in [6, 6.07) is 24.8. The summed E-state index contributed by atoms with van der Waals surface area (Å²) in [6.07, 6.45) is 9.82. The van der Waals surface area contributed by atoms with Crippen LogP contribution in [0.15, 0.2) is 97.3 Å². The number of hydrazine groups is 2. The molecule has 0 aliphatic carbocycles. The lowest BCUT2D eigenvalue weighted by atomic mass is 10.0. The second kappa shape index (κ2) is 35.2. The summed E-state index contributed by atoms with van der Waals surface area (Å²) in [5.74, 6) is -3.62. The highest BCUT2D eigenvalue weighted by Crippen LogP contribution is 2.32. The molecule has 2 atom stereocenters. The van der Waals surface area contributed by atoms with E-state index in [1.807, 2.05) is 24.3 Å². The number of halogens is 4. The van der Waals surface area contributed by atoms with Gasteiger partial charge in [-0.15, -0.1) is 10.2 Å². The van der Waals surface area contributed by atoms with E-state index in [0.717, 1.165) is 78.7 Å². The molecule has 2 amide bonds. The molecule has 0 bridgehead atoms. The number of aliphatic hydroxyl groups excluding tert-OH is 3. The molecule has 424 valence electrons. The summed E-state index contributed by atoms with van der Waals surface area (Å²) in [7, 11) is 0. The van der Waals surface area contributed by atoms with Gasteiger partial charge in [0.2, 0.25) is 0 Å². The average molecular weight is 1160 g/mol. The van der Waals surface area contributed by atoms with Crippen LogP contribution in [-0.2, 0) is 27.4 Å². The number of aromatic nitrogens is 6. The van der Waals surface area contributed by atoms with E-state index in [1.165, 1.54) is 35.7 Å². The van der Waals surface area contributed by atoms with Crippen LogP contribution in [0.25, 0.3) is 22.3 Å². The van der Waals surface area contributed by atoms with Gasteiger partial charge in [0, 0.05) is 50.9 Å². The van der Waals surface area contributed by atoms with Gasteiger partial charge in [-0.1, -0.05) is 177 Å². The van der Waals surface area contributed by atoms with Crippen LogP contribution in [0.1, 0.15) is 118 Å². The smallest absolute Gasteiger partial charge is 0.336 e. The normalized spacial score (nSPS) is 11.6. The fraction of sp³-hybridized carbons (Fsp3) is 0.396. The quantitative estimate of drug-likeness (QED) is 0.0103. The molecular formula is C53H68Cl4N10O11. The van der Waals surface area contributed by atoms with Gasteiger partial charge in [0.25, 0.3) is 11.8 Å². The number of aliphatic hydroxyl groups is 3. The number of carbonyl (C=O) groups is 4. The van der Waals surface area contributed by atoms with Crippen molar-refractivity contribution in [2.24, 2.45) is 0 Å². The van der Waals surface area contributed by atoms with Gasteiger partial charge in [0.15, 0.2) is 23.6 Å². The molecule has 6 rings (SSSR count). The summed E-state index contributed by atoms with van der Waals surface area (Å²) in [5, 5.41) is 74.4. The number of carbonyl (C=O) groups excluding carboxylic acids is 3. The van der Waals surface area contributed by atoms with E-state index in [2.05, 4.69) is 45.3 Å². The number of hydrogen-bond donors (Lipinski definition) is 8. The van der Waals surface area contributed by atoms with Crippen LogP contribution in [0.3, 0.4) is 0 Å². The van der Waals surface area contributed by atoms with Gasteiger partial charge in [-0.25, -0.2) is 19.6 Å². The lowest BCUT2D eigenvalue weighted by Gasteiger charge is -2.25. The van der Waals surface area contributed by atoms with Crippen LogP contribution < -0.4 is 10.9 Å². The predicted octanol–water partition coefficient (Wildman–Crippen LogP) is 9.18. The van der Waals surface area contributed by atoms with E-state index in [4.69, 9.17) is 66.6 Å². The zero-order valence-electron chi connectivity index (χ0n) is 42.5. The molecule has 78 heavy (non-hydrogen) atoms. The number of carboxylic acids is 1. The first-order valence-corrected chi connectivity index (χ1v) is 26.2. The Bertz CT molecular complexity index is 2760. The van der Waals surface area contributed by atoms with E-state index in [1.54, 1.807) is 60.7 Å². The Morgan fingerprint density at radius 1 is 0.603 bits per heavy atom. The molecule has 6 aromatic rings. The molecule has 0 spiro atoms. The first-order valence-electron chi connectivity index (χ1n) is 24.7. The fourth-order valence-corrected chi connectivity index (χ4v) is 7.93. The van der Waals surface area contributed by atoms with Gasteiger partial charge in [-0.3, -0.25) is 20.4 Å². The van der Waals surface area contributed by atoms with E-state index in [0.29, 0.717) is 42.0 Å². The molecule has 25 heteroatoms. The number of hydrogen-bond acceptors (Lipinski definition) is 16. The second-order valence-corrected chi connectivity index (χ2v) is 19.1. The number of unbranched alkanes of at least 4 members (excludes halogenated alkanes) is 8. The van der Waals surface area contributed by atoms with Gasteiger partial charge in [0.1, 0.15) is 0 Å². The maximum absolute atomic E-state index is 12.6. The number of ether oxygens (including phenoxy) is 1. The third-order valence-electron chi connectivity index (χ3n) is 11.2. The third-order valence-corrected chi connectivity index (χ3v) is 12.3. The monoisotopic (exact) mass is 1160 g/mol. The fourth-order valence-electron chi connectivity index (χ4n) is 7.14. The Hall–Kier alpha value is -6.40. The van der Waals surface area contributed by atoms with E-state index < -0.39 is 42.5 Å². The molecule has 4 aromatic carbocycles. The molecule has 0 fully saturated rings. The standard InChI is InChI=1S/C26H31Cl2N5O5.C19H17Cl2N5O5.C7H16O.CH4/c1-2-3-4-5-6-13-38-26(36)24(34)17-32(30-25(35)23-16-33(37)31-29-23)15-18-7-9-19(10-8-18)21-14-20(27)11-12-22(21)28;20-13-5-6-15(21)14(7-13)12-3-1-11(2-4-12)8-25(10-17(27)19(29)30)23-18(28)16-9-26(31)24-22-16;1-2-3-4-5-6-7-8;/h7-12,14,16,24,34,37H,2-6,13,15,17H2,1H3,(H,30,35);1-7,9,17,27,31H,8,10H2,(H,23,28)(H,29,30);8H,2-7H2,1H3;1H4/t24-;17-;;/m11../s1. The molecule has 0 saturated heterocycles. The Morgan fingerprint density at radius 3 is 1.40 bits per heavy atom. The Labute approximate surface area is 473 Å². The molecular weight excluding hydrogens is 1090 g/mol. The molecule has 0 aliphatic rings. The molecule has 2 aromatic heterocycles. The minimum absolute atomic E-state index is 0. The van der Waals surface area contributed by atoms with Crippen LogP contribution in [0, 0.1) is 0 Å². The molecule has 2 heterocycles. The molecule has 21 nitrogen and oxygen atoms in total. The number of amides is 2. The molecule has 8 N–H and O–H groups in total. The van der Waals surface area contributed by atoms with Crippen molar-refractivity contribution < 1.29 is 54.8 Å².